The van der Waals surface area contributed by atoms with Crippen LogP contribution in [0.1, 0.15) is 51.4 Å². The molecule has 0 bridgehead atoms. The van der Waals surface area contributed by atoms with Crippen LogP contribution in [0.2, 0.25) is 0 Å². The summed E-state index contributed by atoms with van der Waals surface area (Å²) in [4.78, 5) is 3.02. The smallest absolute Gasteiger partial charge is 0.0725 e. The molecule has 0 radical (unpaired) electrons. The predicted molar refractivity (Wildman–Crippen MR) is 74.6 cm³/mol. The fourth-order valence-electron chi connectivity index (χ4n) is 1.67. The predicted octanol–water partition coefficient (Wildman–Crippen LogP) is 1.88. The number of hydrogen-bond donors (Lipinski definition) is 4. The van der Waals surface area contributed by atoms with E-state index in [1.165, 1.54) is 44.9 Å². The molecule has 0 saturated heterocycles. The van der Waals surface area contributed by atoms with Crippen molar-refractivity contribution in [2.24, 2.45) is 0 Å². The topological polar surface area (TPSA) is 48.1 Å². The highest BCUT2D eigenvalue weighted by atomic mass is 32.2. The van der Waals surface area contributed by atoms with Gasteiger partial charge in [-0.3, -0.25) is 0 Å². The van der Waals surface area contributed by atoms with Crippen molar-refractivity contribution < 1.29 is 0 Å². The molecule has 0 unspecified atom stereocenters. The molecule has 1 aliphatic rings. The Balaban J connectivity index is 2.09. The van der Waals surface area contributed by atoms with Crippen LogP contribution in [-0.4, -0.2) is 12.3 Å². The lowest BCUT2D eigenvalue weighted by Gasteiger charge is -2.07. The van der Waals surface area contributed by atoms with E-state index in [9.17, 15) is 0 Å². The first-order valence-electron chi connectivity index (χ1n) is 6.55. The number of nitrogens with one attached hydrogen (secondary N) is 4. The Morgan fingerprint density at radius 2 is 1.53 bits per heavy atom. The maximum Gasteiger partial charge on any atom is 0.0725 e. The van der Waals surface area contributed by atoms with Gasteiger partial charge in [-0.2, -0.15) is 15.9 Å². The molecule has 17 heavy (non-hydrogen) atoms. The van der Waals surface area contributed by atoms with Gasteiger partial charge in [0.2, 0.25) is 0 Å². The van der Waals surface area contributed by atoms with E-state index in [0.29, 0.717) is 6.54 Å². The van der Waals surface area contributed by atoms with Crippen LogP contribution in [0, 0.1) is 11.8 Å². The molecular weight excluding hydrogens is 232 g/mol. The SMILES string of the molecule is C1#CCNNNNSCCCCCCCCC1. The standard InChI is InChI=1S/C12H24N4S/c1-2-4-6-8-10-12-17-16-15-14-13-11-9-7-5-3-1/h13-16H,1-6,8,10-12H2. The van der Waals surface area contributed by atoms with Gasteiger partial charge in [0.05, 0.1) is 6.54 Å². The highest BCUT2D eigenvalue weighted by molar-refractivity contribution is 7.97. The molecule has 0 aromatic carbocycles. The monoisotopic (exact) mass is 256 g/mol. The minimum Gasteiger partial charge on any atom is -0.231 e. The normalized spacial score (nSPS) is 22.1. The average Bonchev–Trinajstić information content (AvgIpc) is 2.35. The zero-order valence-corrected chi connectivity index (χ0v) is 11.3. The van der Waals surface area contributed by atoms with Crippen molar-refractivity contribution in [3.63, 3.8) is 0 Å². The summed E-state index contributed by atoms with van der Waals surface area (Å²) in [5, 5.41) is 0. The molecule has 0 saturated carbocycles. The van der Waals surface area contributed by atoms with Gasteiger partial charge in [-0.25, -0.2) is 5.43 Å². The summed E-state index contributed by atoms with van der Waals surface area (Å²) in [6, 6.07) is 0. The van der Waals surface area contributed by atoms with E-state index in [4.69, 9.17) is 0 Å². The van der Waals surface area contributed by atoms with Crippen LogP contribution in [0.3, 0.4) is 0 Å². The number of rotatable bonds is 0. The molecule has 1 aliphatic heterocycles. The van der Waals surface area contributed by atoms with Crippen molar-refractivity contribution in [1.29, 1.82) is 0 Å². The van der Waals surface area contributed by atoms with Crippen molar-refractivity contribution in [2.45, 2.75) is 51.4 Å². The van der Waals surface area contributed by atoms with Gasteiger partial charge in [-0.1, -0.05) is 50.0 Å². The lowest BCUT2D eigenvalue weighted by Crippen LogP contribution is -2.48. The third kappa shape index (κ3) is 10.6. The second-order valence-corrected chi connectivity index (χ2v) is 5.03. The van der Waals surface area contributed by atoms with E-state index < -0.39 is 0 Å². The third-order valence-electron chi connectivity index (χ3n) is 2.62. The van der Waals surface area contributed by atoms with Gasteiger partial charge in [0.25, 0.3) is 0 Å². The summed E-state index contributed by atoms with van der Waals surface area (Å²) in [6.45, 7) is 0.666. The molecule has 0 aliphatic carbocycles. The molecular formula is C12H24N4S. The van der Waals surface area contributed by atoms with Crippen LogP contribution in [0.5, 0.6) is 0 Å². The molecule has 4 nitrogen and oxygen atoms in total. The molecule has 0 aromatic heterocycles. The van der Waals surface area contributed by atoms with Gasteiger partial charge in [0, 0.05) is 12.2 Å². The van der Waals surface area contributed by atoms with Crippen molar-refractivity contribution >= 4 is 11.9 Å². The summed E-state index contributed by atoms with van der Waals surface area (Å²) in [7, 11) is 0. The van der Waals surface area contributed by atoms with E-state index in [2.05, 4.69) is 33.2 Å². The van der Waals surface area contributed by atoms with E-state index in [0.717, 1.165) is 12.2 Å². The molecule has 98 valence electrons. The Bertz CT molecular complexity index is 204. The van der Waals surface area contributed by atoms with Crippen LogP contribution >= 0.6 is 11.9 Å². The van der Waals surface area contributed by atoms with Crippen LogP contribution in [0.25, 0.3) is 0 Å². The highest BCUT2D eigenvalue weighted by Crippen LogP contribution is 2.09. The Labute approximate surface area is 109 Å². The van der Waals surface area contributed by atoms with Crippen molar-refractivity contribution in [3.8, 4) is 11.8 Å². The minimum absolute atomic E-state index is 0.666. The Hall–Kier alpha value is -0.250. The summed E-state index contributed by atoms with van der Waals surface area (Å²) in [5.74, 6) is 7.40. The number of hydrazine groups is 3. The fourth-order valence-corrected chi connectivity index (χ4v) is 2.24. The first kappa shape index (κ1) is 14.8. The van der Waals surface area contributed by atoms with Gasteiger partial charge in [-0.05, 0) is 12.8 Å². The molecule has 0 amide bonds. The summed E-state index contributed by atoms with van der Waals surface area (Å²) >= 11 is 1.69. The number of hydrogen-bond acceptors (Lipinski definition) is 5. The van der Waals surface area contributed by atoms with Gasteiger partial charge >= 0.3 is 0 Å². The Morgan fingerprint density at radius 1 is 0.765 bits per heavy atom. The molecule has 5 heteroatoms. The molecule has 0 aromatic rings. The van der Waals surface area contributed by atoms with E-state index in [-0.39, 0.29) is 0 Å². The molecule has 1 heterocycles. The van der Waals surface area contributed by atoms with Crippen LogP contribution in [0.15, 0.2) is 0 Å². The van der Waals surface area contributed by atoms with Gasteiger partial charge in [0.1, 0.15) is 0 Å². The summed E-state index contributed by atoms with van der Waals surface area (Å²) in [6.07, 6.45) is 10.4. The van der Waals surface area contributed by atoms with Crippen molar-refractivity contribution in [3.05, 3.63) is 0 Å². The van der Waals surface area contributed by atoms with Crippen molar-refractivity contribution in [1.82, 2.24) is 21.3 Å². The fraction of sp³-hybridized carbons (Fsp3) is 0.833. The molecule has 0 spiro atoms. The second-order valence-electron chi connectivity index (χ2n) is 4.13. The minimum atomic E-state index is 0.666. The van der Waals surface area contributed by atoms with Gasteiger partial charge < -0.3 is 0 Å². The zero-order valence-electron chi connectivity index (χ0n) is 10.5. The molecule has 4 N–H and O–H groups in total. The Kier molecular flexibility index (Phi) is 10.6. The highest BCUT2D eigenvalue weighted by Gasteiger charge is 1.93. The lowest BCUT2D eigenvalue weighted by atomic mass is 10.1. The quantitative estimate of drug-likeness (QED) is 0.394. The maximum atomic E-state index is 3.17. The van der Waals surface area contributed by atoms with E-state index in [1.807, 2.05) is 0 Å². The molecule has 1 rings (SSSR count). The van der Waals surface area contributed by atoms with Crippen LogP contribution in [-0.2, 0) is 0 Å². The molecule has 0 atom stereocenters. The Morgan fingerprint density at radius 3 is 2.41 bits per heavy atom. The van der Waals surface area contributed by atoms with Crippen LogP contribution < -0.4 is 21.3 Å². The molecule has 0 fully saturated rings. The summed E-state index contributed by atoms with van der Waals surface area (Å²) < 4.78 is 0. The lowest BCUT2D eigenvalue weighted by molar-refractivity contribution is 0.446. The first-order chi connectivity index (χ1) is 8.50. The largest absolute Gasteiger partial charge is 0.231 e. The van der Waals surface area contributed by atoms with Crippen LogP contribution in [0.4, 0.5) is 0 Å². The zero-order chi connectivity index (χ0) is 12.0. The third-order valence-corrected chi connectivity index (χ3v) is 3.36. The maximum absolute atomic E-state index is 3.17. The average molecular weight is 256 g/mol. The van der Waals surface area contributed by atoms with E-state index in [1.54, 1.807) is 11.9 Å². The first-order valence-corrected chi connectivity index (χ1v) is 7.54. The van der Waals surface area contributed by atoms with Gasteiger partial charge in [-0.15, -0.1) is 5.92 Å². The van der Waals surface area contributed by atoms with Crippen molar-refractivity contribution in [2.75, 3.05) is 12.3 Å². The van der Waals surface area contributed by atoms with E-state index >= 15 is 0 Å². The second kappa shape index (κ2) is 12.2. The summed E-state index contributed by atoms with van der Waals surface area (Å²) in [5.41, 5.74) is 8.68. The van der Waals surface area contributed by atoms with Gasteiger partial charge in [0.15, 0.2) is 0 Å².